The summed E-state index contributed by atoms with van der Waals surface area (Å²) in [7, 11) is 0. The number of fused-ring (bicyclic) bond motifs is 5. The van der Waals surface area contributed by atoms with Crippen molar-refractivity contribution < 1.29 is 20.4 Å². The van der Waals surface area contributed by atoms with Crippen LogP contribution in [0.25, 0.3) is 0 Å². The molecule has 0 aromatic carbocycles. The number of rotatable bonds is 6. The smallest absolute Gasteiger partial charge is 0.0579 e. The van der Waals surface area contributed by atoms with Crippen LogP contribution in [-0.2, 0) is 0 Å². The summed E-state index contributed by atoms with van der Waals surface area (Å²) in [5.74, 6) is 2.57. The van der Waals surface area contributed by atoms with Gasteiger partial charge in [-0.05, 0) is 110 Å². The van der Waals surface area contributed by atoms with Crippen molar-refractivity contribution in [1.29, 1.82) is 0 Å². The minimum atomic E-state index is -0.356. The number of hydrogen-bond acceptors (Lipinski definition) is 4. The van der Waals surface area contributed by atoms with E-state index in [-0.39, 0.29) is 53.5 Å². The fraction of sp³-hybridized carbons (Fsp3) is 0.929. The van der Waals surface area contributed by atoms with E-state index in [1.54, 1.807) is 0 Å². The first kappa shape index (κ1) is 24.7. The Morgan fingerprint density at radius 2 is 1.62 bits per heavy atom. The minimum absolute atomic E-state index is 0.0878. The second kappa shape index (κ2) is 8.98. The molecule has 0 aromatic heterocycles. The zero-order valence-corrected chi connectivity index (χ0v) is 20.8. The van der Waals surface area contributed by atoms with Gasteiger partial charge in [-0.2, -0.15) is 0 Å². The van der Waals surface area contributed by atoms with E-state index in [0.717, 1.165) is 50.5 Å². The average Bonchev–Trinajstić information content (AvgIpc) is 3.03. The van der Waals surface area contributed by atoms with E-state index in [1.165, 1.54) is 12.8 Å². The third kappa shape index (κ3) is 3.91. The summed E-state index contributed by atoms with van der Waals surface area (Å²) in [4.78, 5) is 0. The molecule has 0 aromatic rings. The van der Waals surface area contributed by atoms with Crippen molar-refractivity contribution in [3.63, 3.8) is 0 Å². The summed E-state index contributed by atoms with van der Waals surface area (Å²) >= 11 is 0. The Hall–Kier alpha value is -0.420. The molecule has 184 valence electrons. The summed E-state index contributed by atoms with van der Waals surface area (Å²) in [5, 5.41) is 42.3. The Morgan fingerprint density at radius 3 is 2.31 bits per heavy atom. The predicted octanol–water partition coefficient (Wildman–Crippen LogP) is 4.55. The van der Waals surface area contributed by atoms with Gasteiger partial charge in [0, 0.05) is 6.61 Å². The molecule has 0 heterocycles. The highest BCUT2D eigenvalue weighted by Crippen LogP contribution is 2.68. The van der Waals surface area contributed by atoms with Gasteiger partial charge in [-0.25, -0.2) is 0 Å². The highest BCUT2D eigenvalue weighted by Gasteiger charge is 2.64. The molecule has 0 saturated heterocycles. The molecule has 0 spiro atoms. The van der Waals surface area contributed by atoms with Crippen molar-refractivity contribution in [3.05, 3.63) is 12.2 Å². The summed E-state index contributed by atoms with van der Waals surface area (Å²) in [6, 6.07) is 0. The molecule has 4 fully saturated rings. The molecule has 0 unspecified atom stereocenters. The van der Waals surface area contributed by atoms with Crippen molar-refractivity contribution in [2.45, 2.75) is 104 Å². The van der Waals surface area contributed by atoms with E-state index in [4.69, 9.17) is 0 Å². The van der Waals surface area contributed by atoms with Crippen LogP contribution in [0.15, 0.2) is 12.2 Å². The van der Waals surface area contributed by atoms with Gasteiger partial charge in [-0.15, -0.1) is 0 Å². The molecule has 4 rings (SSSR count). The quantitative estimate of drug-likeness (QED) is 0.450. The highest BCUT2D eigenvalue weighted by molar-refractivity contribution is 5.13. The molecular weight excluding hydrogens is 400 g/mol. The molecule has 0 radical (unpaired) electrons. The maximum atomic E-state index is 11.4. The molecule has 4 aliphatic carbocycles. The molecule has 4 nitrogen and oxygen atoms in total. The average molecular weight is 449 g/mol. The van der Waals surface area contributed by atoms with Gasteiger partial charge >= 0.3 is 0 Å². The lowest BCUT2D eigenvalue weighted by molar-refractivity contribution is -0.181. The first-order chi connectivity index (χ1) is 15.0. The SMILES string of the molecule is C=C(CC[C@@H](C)[C@H]1C[C@H](O)[C@H]2[C@@H]3C[C@@H](O)[C@H]4C[C@@H](O)CC[C@]4(C)[C@H]3CC[C@@]21C)[C@H](C)CO. The summed E-state index contributed by atoms with van der Waals surface area (Å²) in [6.07, 6.45) is 7.73. The van der Waals surface area contributed by atoms with Crippen LogP contribution in [0.4, 0.5) is 0 Å². The van der Waals surface area contributed by atoms with E-state index >= 15 is 0 Å². The van der Waals surface area contributed by atoms with Gasteiger partial charge in [-0.1, -0.05) is 39.8 Å². The molecule has 4 N–H and O–H groups in total. The van der Waals surface area contributed by atoms with Gasteiger partial charge in [0.15, 0.2) is 0 Å². The van der Waals surface area contributed by atoms with Gasteiger partial charge in [0.1, 0.15) is 0 Å². The van der Waals surface area contributed by atoms with E-state index in [9.17, 15) is 20.4 Å². The van der Waals surface area contributed by atoms with Gasteiger partial charge in [0.2, 0.25) is 0 Å². The Balaban J connectivity index is 1.52. The molecule has 4 heteroatoms. The molecular formula is C28H48O4. The third-order valence-corrected chi connectivity index (χ3v) is 11.3. The van der Waals surface area contributed by atoms with Crippen LogP contribution in [0, 0.1) is 52.3 Å². The summed E-state index contributed by atoms with van der Waals surface area (Å²) in [5.41, 5.74) is 1.35. The summed E-state index contributed by atoms with van der Waals surface area (Å²) in [6.45, 7) is 13.6. The number of aliphatic hydroxyl groups excluding tert-OH is 4. The molecule has 4 aliphatic rings. The summed E-state index contributed by atoms with van der Waals surface area (Å²) < 4.78 is 0. The van der Waals surface area contributed by atoms with E-state index in [0.29, 0.717) is 23.7 Å². The Kier molecular flexibility index (Phi) is 6.93. The normalized spacial score (nSPS) is 50.1. The molecule has 0 aliphatic heterocycles. The van der Waals surface area contributed by atoms with Crippen molar-refractivity contribution in [2.75, 3.05) is 6.61 Å². The minimum Gasteiger partial charge on any atom is -0.396 e. The monoisotopic (exact) mass is 448 g/mol. The Morgan fingerprint density at radius 1 is 0.938 bits per heavy atom. The van der Waals surface area contributed by atoms with Gasteiger partial charge in [0.05, 0.1) is 18.3 Å². The molecule has 32 heavy (non-hydrogen) atoms. The van der Waals surface area contributed by atoms with E-state index in [2.05, 4.69) is 27.4 Å². The predicted molar refractivity (Wildman–Crippen MR) is 128 cm³/mol. The standard InChI is InChI=1S/C28H48O4/c1-16(18(3)15-29)6-7-17(2)22-14-25(32)26-20-13-24(31)23-12-19(30)8-10-27(23,4)21(20)9-11-28(22,26)5/h17-26,29-32H,1,6-15H2,2-5H3/t17-,18-,19+,20-,21+,22-,23-,24-,25+,26-,27-,28-/m1/s1. The van der Waals surface area contributed by atoms with Gasteiger partial charge < -0.3 is 20.4 Å². The van der Waals surface area contributed by atoms with Gasteiger partial charge in [-0.3, -0.25) is 0 Å². The topological polar surface area (TPSA) is 80.9 Å². The maximum Gasteiger partial charge on any atom is 0.0579 e. The Labute approximate surface area is 195 Å². The number of aliphatic hydroxyl groups is 4. The van der Waals surface area contributed by atoms with Crippen molar-refractivity contribution in [3.8, 4) is 0 Å². The van der Waals surface area contributed by atoms with Crippen molar-refractivity contribution >= 4 is 0 Å². The fourth-order valence-corrected chi connectivity index (χ4v) is 9.26. The van der Waals surface area contributed by atoms with Crippen molar-refractivity contribution in [1.82, 2.24) is 0 Å². The fourth-order valence-electron chi connectivity index (χ4n) is 9.26. The van der Waals surface area contributed by atoms with Crippen LogP contribution < -0.4 is 0 Å². The zero-order chi connectivity index (χ0) is 23.4. The molecule has 0 bridgehead atoms. The lowest BCUT2D eigenvalue weighted by Crippen LogP contribution is -2.59. The second-order valence-corrected chi connectivity index (χ2v) is 12.9. The second-order valence-electron chi connectivity index (χ2n) is 12.9. The maximum absolute atomic E-state index is 11.4. The first-order valence-corrected chi connectivity index (χ1v) is 13.4. The lowest BCUT2D eigenvalue weighted by Gasteiger charge is -2.62. The zero-order valence-electron chi connectivity index (χ0n) is 20.8. The van der Waals surface area contributed by atoms with Crippen LogP contribution in [0.2, 0.25) is 0 Å². The van der Waals surface area contributed by atoms with E-state index < -0.39 is 0 Å². The molecule has 4 saturated carbocycles. The highest BCUT2D eigenvalue weighted by atomic mass is 16.3. The molecule has 12 atom stereocenters. The largest absolute Gasteiger partial charge is 0.396 e. The third-order valence-electron chi connectivity index (χ3n) is 11.3. The lowest BCUT2D eigenvalue weighted by atomic mass is 9.43. The van der Waals surface area contributed by atoms with Crippen LogP contribution >= 0.6 is 0 Å². The van der Waals surface area contributed by atoms with Crippen LogP contribution in [0.5, 0.6) is 0 Å². The Bertz CT molecular complexity index is 693. The van der Waals surface area contributed by atoms with E-state index in [1.807, 2.05) is 6.92 Å². The van der Waals surface area contributed by atoms with Crippen molar-refractivity contribution in [2.24, 2.45) is 52.3 Å². The first-order valence-electron chi connectivity index (χ1n) is 13.4. The van der Waals surface area contributed by atoms with Crippen LogP contribution in [0.3, 0.4) is 0 Å². The van der Waals surface area contributed by atoms with Crippen LogP contribution in [-0.4, -0.2) is 45.3 Å². The molecule has 0 amide bonds. The number of hydrogen-bond donors (Lipinski definition) is 4. The van der Waals surface area contributed by atoms with Crippen LogP contribution in [0.1, 0.15) is 85.5 Å². The van der Waals surface area contributed by atoms with Gasteiger partial charge in [0.25, 0.3) is 0 Å².